The van der Waals surface area contributed by atoms with Crippen molar-refractivity contribution in [3.63, 3.8) is 0 Å². The molecule has 0 atom stereocenters. The average Bonchev–Trinajstić information content (AvgIpc) is 2.41. The monoisotopic (exact) mass is 294 g/mol. The van der Waals surface area contributed by atoms with Gasteiger partial charge in [-0.25, -0.2) is 17.5 Å². The van der Waals surface area contributed by atoms with E-state index in [4.69, 9.17) is 5.73 Å². The van der Waals surface area contributed by atoms with Crippen molar-refractivity contribution in [3.8, 4) is 0 Å². The summed E-state index contributed by atoms with van der Waals surface area (Å²) < 4.78 is 39.7. The fourth-order valence-corrected chi connectivity index (χ4v) is 2.80. The summed E-state index contributed by atoms with van der Waals surface area (Å²) in [5.41, 5.74) is 7.07. The summed E-state index contributed by atoms with van der Waals surface area (Å²) in [5.74, 6) is -0.636. The molecule has 0 unspecified atom stereocenters. The summed E-state index contributed by atoms with van der Waals surface area (Å²) in [4.78, 5) is -0.0509. The molecule has 0 bridgehead atoms. The minimum absolute atomic E-state index is 0.0509. The molecule has 6 heteroatoms. The second-order valence-corrected chi connectivity index (χ2v) is 6.20. The lowest BCUT2D eigenvalue weighted by atomic mass is 10.1. The largest absolute Gasteiger partial charge is 0.396 e. The molecule has 20 heavy (non-hydrogen) atoms. The van der Waals surface area contributed by atoms with Gasteiger partial charge < -0.3 is 5.73 Å². The Labute approximate surface area is 117 Å². The highest BCUT2D eigenvalue weighted by molar-refractivity contribution is 7.89. The van der Waals surface area contributed by atoms with Gasteiger partial charge in [-0.1, -0.05) is 24.3 Å². The van der Waals surface area contributed by atoms with Gasteiger partial charge in [0.15, 0.2) is 0 Å². The molecule has 0 aliphatic rings. The number of nitrogen functional groups attached to an aromatic ring is 1. The molecule has 3 N–H and O–H groups in total. The summed E-state index contributed by atoms with van der Waals surface area (Å²) >= 11 is 0. The van der Waals surface area contributed by atoms with Gasteiger partial charge in [0.05, 0.1) is 10.6 Å². The van der Waals surface area contributed by atoms with Crippen LogP contribution >= 0.6 is 0 Å². The minimum Gasteiger partial charge on any atom is -0.396 e. The summed E-state index contributed by atoms with van der Waals surface area (Å²) in [6, 6.07) is 10.8. The van der Waals surface area contributed by atoms with Crippen molar-refractivity contribution in [1.82, 2.24) is 4.72 Å². The normalized spacial score (nSPS) is 11.5. The topological polar surface area (TPSA) is 72.2 Å². The third kappa shape index (κ3) is 3.15. The predicted octanol–water partition coefficient (Wildman–Crippen LogP) is 2.19. The SMILES string of the molecule is Cc1ccccc1CNS(=O)(=O)c1ccc(F)c(N)c1. The van der Waals surface area contributed by atoms with Crippen LogP contribution in [-0.2, 0) is 16.6 Å². The molecule has 0 heterocycles. The zero-order valence-electron chi connectivity index (χ0n) is 10.9. The van der Waals surface area contributed by atoms with E-state index in [0.717, 1.165) is 23.3 Å². The number of aryl methyl sites for hydroxylation is 1. The van der Waals surface area contributed by atoms with Crippen LogP contribution in [0.25, 0.3) is 0 Å². The maximum atomic E-state index is 13.1. The number of sulfonamides is 1. The van der Waals surface area contributed by atoms with Gasteiger partial charge in [0, 0.05) is 6.54 Å². The number of hydrogen-bond donors (Lipinski definition) is 2. The molecular weight excluding hydrogens is 279 g/mol. The molecule has 0 saturated heterocycles. The third-order valence-electron chi connectivity index (χ3n) is 2.99. The number of anilines is 1. The van der Waals surface area contributed by atoms with E-state index in [1.54, 1.807) is 0 Å². The van der Waals surface area contributed by atoms with Crippen LogP contribution in [0, 0.1) is 12.7 Å². The third-order valence-corrected chi connectivity index (χ3v) is 4.39. The molecule has 0 aromatic heterocycles. The molecule has 0 saturated carbocycles. The minimum atomic E-state index is -3.71. The molecule has 0 radical (unpaired) electrons. The fourth-order valence-electron chi connectivity index (χ4n) is 1.75. The van der Waals surface area contributed by atoms with Crippen LogP contribution in [-0.4, -0.2) is 8.42 Å². The Balaban J connectivity index is 2.19. The van der Waals surface area contributed by atoms with Crippen LogP contribution in [0.3, 0.4) is 0 Å². The molecule has 0 fully saturated rings. The van der Waals surface area contributed by atoms with Gasteiger partial charge in [-0.05, 0) is 36.2 Å². The predicted molar refractivity (Wildman–Crippen MR) is 76.0 cm³/mol. The second-order valence-electron chi connectivity index (χ2n) is 4.43. The number of benzene rings is 2. The van der Waals surface area contributed by atoms with Gasteiger partial charge in [0.25, 0.3) is 0 Å². The van der Waals surface area contributed by atoms with E-state index in [9.17, 15) is 12.8 Å². The zero-order chi connectivity index (χ0) is 14.8. The van der Waals surface area contributed by atoms with Crippen LogP contribution in [0.4, 0.5) is 10.1 Å². The van der Waals surface area contributed by atoms with Gasteiger partial charge in [0.2, 0.25) is 10.0 Å². The molecule has 0 aliphatic heterocycles. The summed E-state index contributed by atoms with van der Waals surface area (Å²) in [7, 11) is -3.71. The van der Waals surface area contributed by atoms with Gasteiger partial charge in [-0.15, -0.1) is 0 Å². The van der Waals surface area contributed by atoms with Gasteiger partial charge in [-0.2, -0.15) is 0 Å². The first-order valence-corrected chi connectivity index (χ1v) is 7.47. The molecule has 0 aliphatic carbocycles. The van der Waals surface area contributed by atoms with Crippen LogP contribution in [0.2, 0.25) is 0 Å². The van der Waals surface area contributed by atoms with Crippen molar-refractivity contribution in [2.75, 3.05) is 5.73 Å². The molecule has 0 spiro atoms. The van der Waals surface area contributed by atoms with Crippen LogP contribution in [0.15, 0.2) is 47.4 Å². The van der Waals surface area contributed by atoms with Gasteiger partial charge >= 0.3 is 0 Å². The molecule has 4 nitrogen and oxygen atoms in total. The fraction of sp³-hybridized carbons (Fsp3) is 0.143. The number of nitrogens with two attached hydrogens (primary N) is 1. The summed E-state index contributed by atoms with van der Waals surface area (Å²) in [5, 5.41) is 0. The lowest BCUT2D eigenvalue weighted by molar-refractivity contribution is 0.580. The first-order valence-electron chi connectivity index (χ1n) is 5.99. The molecule has 0 amide bonds. The quantitative estimate of drug-likeness (QED) is 0.849. The first-order chi connectivity index (χ1) is 9.40. The standard InChI is InChI=1S/C14H15FN2O2S/c1-10-4-2-3-5-11(10)9-17-20(18,19)12-6-7-13(15)14(16)8-12/h2-8,17H,9,16H2,1H3. The van der Waals surface area contributed by atoms with Gasteiger partial charge in [-0.3, -0.25) is 0 Å². The molecule has 106 valence electrons. The molecule has 2 aromatic carbocycles. The van der Waals surface area contributed by atoms with E-state index in [2.05, 4.69) is 4.72 Å². The smallest absolute Gasteiger partial charge is 0.240 e. The zero-order valence-corrected chi connectivity index (χ0v) is 11.7. The van der Waals surface area contributed by atoms with E-state index in [1.807, 2.05) is 31.2 Å². The lowest BCUT2D eigenvalue weighted by Crippen LogP contribution is -2.23. The Morgan fingerprint density at radius 1 is 1.20 bits per heavy atom. The second kappa shape index (κ2) is 5.60. The highest BCUT2D eigenvalue weighted by atomic mass is 32.2. The molecule has 2 rings (SSSR count). The van der Waals surface area contributed by atoms with E-state index in [-0.39, 0.29) is 17.1 Å². The van der Waals surface area contributed by atoms with E-state index < -0.39 is 15.8 Å². The Hall–Kier alpha value is -1.92. The van der Waals surface area contributed by atoms with Crippen molar-refractivity contribution in [1.29, 1.82) is 0 Å². The number of halogens is 1. The van der Waals surface area contributed by atoms with Crippen LogP contribution in [0.1, 0.15) is 11.1 Å². The maximum Gasteiger partial charge on any atom is 0.240 e. The Bertz CT molecular complexity index is 730. The number of hydrogen-bond acceptors (Lipinski definition) is 3. The highest BCUT2D eigenvalue weighted by Gasteiger charge is 2.15. The lowest BCUT2D eigenvalue weighted by Gasteiger charge is -2.09. The molecule has 2 aromatic rings. The summed E-state index contributed by atoms with van der Waals surface area (Å²) in [6.45, 7) is 2.08. The van der Waals surface area contributed by atoms with E-state index in [0.29, 0.717) is 0 Å². The van der Waals surface area contributed by atoms with Crippen LogP contribution < -0.4 is 10.5 Å². The molecular formula is C14H15FN2O2S. The van der Waals surface area contributed by atoms with E-state index in [1.165, 1.54) is 6.07 Å². The van der Waals surface area contributed by atoms with Crippen molar-refractivity contribution in [2.24, 2.45) is 0 Å². The summed E-state index contributed by atoms with van der Waals surface area (Å²) in [6.07, 6.45) is 0. The van der Waals surface area contributed by atoms with Gasteiger partial charge in [0.1, 0.15) is 5.82 Å². The van der Waals surface area contributed by atoms with Crippen molar-refractivity contribution in [2.45, 2.75) is 18.4 Å². The highest BCUT2D eigenvalue weighted by Crippen LogP contribution is 2.17. The maximum absolute atomic E-state index is 13.1. The Morgan fingerprint density at radius 3 is 2.55 bits per heavy atom. The Morgan fingerprint density at radius 2 is 1.90 bits per heavy atom. The van der Waals surface area contributed by atoms with Crippen molar-refractivity contribution in [3.05, 3.63) is 59.4 Å². The number of nitrogens with one attached hydrogen (secondary N) is 1. The van der Waals surface area contributed by atoms with E-state index >= 15 is 0 Å². The van der Waals surface area contributed by atoms with Crippen LogP contribution in [0.5, 0.6) is 0 Å². The van der Waals surface area contributed by atoms with Crippen molar-refractivity contribution >= 4 is 15.7 Å². The Kier molecular flexibility index (Phi) is 4.06. The average molecular weight is 294 g/mol. The van der Waals surface area contributed by atoms with Crippen molar-refractivity contribution < 1.29 is 12.8 Å². The number of rotatable bonds is 4. The first kappa shape index (κ1) is 14.5.